The van der Waals surface area contributed by atoms with Crippen LogP contribution in [0, 0.1) is 6.92 Å². The van der Waals surface area contributed by atoms with Gasteiger partial charge in [0.1, 0.15) is 11.5 Å². The number of hydrogen-bond donors (Lipinski definition) is 0. The van der Waals surface area contributed by atoms with Crippen molar-refractivity contribution < 1.29 is 9.47 Å². The Labute approximate surface area is 134 Å². The summed E-state index contributed by atoms with van der Waals surface area (Å²) in [5.74, 6) is 1.95. The van der Waals surface area contributed by atoms with Gasteiger partial charge in [-0.2, -0.15) is 0 Å². The molecule has 2 nitrogen and oxygen atoms in total. The molecule has 3 heteroatoms. The van der Waals surface area contributed by atoms with Crippen molar-refractivity contribution in [1.82, 2.24) is 0 Å². The van der Waals surface area contributed by atoms with Gasteiger partial charge in [0.05, 0.1) is 14.2 Å². The lowest BCUT2D eigenvalue weighted by atomic mass is 9.82. The van der Waals surface area contributed by atoms with Crippen LogP contribution in [0.5, 0.6) is 11.5 Å². The highest BCUT2D eigenvalue weighted by Crippen LogP contribution is 2.41. The molecule has 0 aliphatic heterocycles. The Hall–Kier alpha value is -1.48. The molecule has 1 aliphatic carbocycles. The summed E-state index contributed by atoms with van der Waals surface area (Å²) in [4.78, 5) is 0. The van der Waals surface area contributed by atoms with Gasteiger partial charge in [-0.15, -0.1) is 0 Å². The molecule has 0 unspecified atom stereocenters. The van der Waals surface area contributed by atoms with Crippen LogP contribution in [-0.2, 0) is 18.2 Å². The molecule has 0 fully saturated rings. The molecule has 0 N–H and O–H groups in total. The molecule has 110 valence electrons. The number of methoxy groups -OCH3 is 2. The van der Waals surface area contributed by atoms with E-state index in [4.69, 9.17) is 9.47 Å². The summed E-state index contributed by atoms with van der Waals surface area (Å²) in [5, 5.41) is 0.800. The SMILES string of the molecule is COc1cc2c(cc1CBr)-c1ccc(OC)c(C)c1CC2. The summed E-state index contributed by atoms with van der Waals surface area (Å²) in [5.41, 5.74) is 7.90. The molecule has 0 heterocycles. The molecule has 0 amide bonds. The summed E-state index contributed by atoms with van der Waals surface area (Å²) in [6, 6.07) is 8.70. The molecule has 0 atom stereocenters. The molecule has 2 aromatic rings. The number of halogens is 1. The first-order chi connectivity index (χ1) is 10.2. The summed E-state index contributed by atoms with van der Waals surface area (Å²) >= 11 is 3.55. The van der Waals surface area contributed by atoms with Crippen LogP contribution in [-0.4, -0.2) is 14.2 Å². The van der Waals surface area contributed by atoms with E-state index in [-0.39, 0.29) is 0 Å². The highest BCUT2D eigenvalue weighted by molar-refractivity contribution is 9.08. The fraction of sp³-hybridized carbons (Fsp3) is 0.333. The zero-order valence-electron chi connectivity index (χ0n) is 12.6. The normalized spacial score (nSPS) is 12.6. The summed E-state index contributed by atoms with van der Waals surface area (Å²) in [7, 11) is 3.47. The molecule has 21 heavy (non-hydrogen) atoms. The molecule has 2 aromatic carbocycles. The second kappa shape index (κ2) is 5.72. The molecule has 0 saturated carbocycles. The van der Waals surface area contributed by atoms with E-state index in [0.29, 0.717) is 0 Å². The van der Waals surface area contributed by atoms with E-state index < -0.39 is 0 Å². The topological polar surface area (TPSA) is 18.5 Å². The Morgan fingerprint density at radius 1 is 1.00 bits per heavy atom. The van der Waals surface area contributed by atoms with Crippen LogP contribution in [0.15, 0.2) is 24.3 Å². The number of alkyl halides is 1. The quantitative estimate of drug-likeness (QED) is 0.751. The van der Waals surface area contributed by atoms with Crippen molar-refractivity contribution in [2.75, 3.05) is 14.2 Å². The van der Waals surface area contributed by atoms with E-state index in [2.05, 4.69) is 47.1 Å². The summed E-state index contributed by atoms with van der Waals surface area (Å²) in [6.45, 7) is 2.15. The Balaban J connectivity index is 2.21. The van der Waals surface area contributed by atoms with Crippen LogP contribution in [0.4, 0.5) is 0 Å². The van der Waals surface area contributed by atoms with Crippen molar-refractivity contribution in [3.8, 4) is 22.6 Å². The first-order valence-electron chi connectivity index (χ1n) is 7.12. The van der Waals surface area contributed by atoms with Crippen LogP contribution < -0.4 is 9.47 Å². The fourth-order valence-corrected chi connectivity index (χ4v) is 3.65. The standard InChI is InChI=1S/C18H19BrO2/c1-11-14-5-4-12-9-18(21-3)13(10-19)8-16(12)15(14)6-7-17(11)20-2/h6-9H,4-5,10H2,1-3H3. The minimum atomic E-state index is 0.800. The Kier molecular flexibility index (Phi) is 3.94. The van der Waals surface area contributed by atoms with Crippen molar-refractivity contribution in [3.05, 3.63) is 46.5 Å². The number of hydrogen-bond acceptors (Lipinski definition) is 2. The third-order valence-corrected chi connectivity index (χ3v) is 4.96. The average Bonchev–Trinajstić information content (AvgIpc) is 2.53. The first kappa shape index (κ1) is 14.5. The van der Waals surface area contributed by atoms with Gasteiger partial charge < -0.3 is 9.47 Å². The zero-order chi connectivity index (χ0) is 15.0. The number of ether oxygens (including phenoxy) is 2. The molecule has 1 aliphatic rings. The van der Waals surface area contributed by atoms with Gasteiger partial charge in [-0.3, -0.25) is 0 Å². The van der Waals surface area contributed by atoms with Crippen LogP contribution in [0.3, 0.4) is 0 Å². The van der Waals surface area contributed by atoms with E-state index in [1.165, 1.54) is 33.4 Å². The highest BCUT2D eigenvalue weighted by atomic mass is 79.9. The molecule has 0 aromatic heterocycles. The van der Waals surface area contributed by atoms with Crippen molar-refractivity contribution in [2.45, 2.75) is 25.1 Å². The monoisotopic (exact) mass is 346 g/mol. The molecule has 0 bridgehead atoms. The lowest BCUT2D eigenvalue weighted by Crippen LogP contribution is -2.08. The van der Waals surface area contributed by atoms with Crippen molar-refractivity contribution in [1.29, 1.82) is 0 Å². The van der Waals surface area contributed by atoms with Crippen molar-refractivity contribution in [2.24, 2.45) is 0 Å². The Morgan fingerprint density at radius 3 is 2.43 bits per heavy atom. The van der Waals surface area contributed by atoms with Crippen LogP contribution in [0.1, 0.15) is 22.3 Å². The smallest absolute Gasteiger partial charge is 0.123 e. The Bertz CT molecular complexity index is 692. The van der Waals surface area contributed by atoms with Crippen LogP contribution >= 0.6 is 15.9 Å². The van der Waals surface area contributed by atoms with Crippen LogP contribution in [0.2, 0.25) is 0 Å². The molecule has 0 saturated heterocycles. The van der Waals surface area contributed by atoms with Gasteiger partial charge in [0.25, 0.3) is 0 Å². The lowest BCUT2D eigenvalue weighted by Gasteiger charge is -2.24. The maximum Gasteiger partial charge on any atom is 0.123 e. The molecular weight excluding hydrogens is 328 g/mol. The largest absolute Gasteiger partial charge is 0.496 e. The van der Waals surface area contributed by atoms with Crippen LogP contribution in [0.25, 0.3) is 11.1 Å². The number of aryl methyl sites for hydroxylation is 1. The first-order valence-corrected chi connectivity index (χ1v) is 8.24. The number of rotatable bonds is 3. The maximum absolute atomic E-state index is 5.50. The van der Waals surface area contributed by atoms with Gasteiger partial charge in [-0.1, -0.05) is 22.0 Å². The number of fused-ring (bicyclic) bond motifs is 3. The minimum Gasteiger partial charge on any atom is -0.496 e. The van der Waals surface area contributed by atoms with E-state index in [1.54, 1.807) is 14.2 Å². The molecular formula is C18H19BrO2. The van der Waals surface area contributed by atoms with E-state index in [0.717, 1.165) is 29.7 Å². The summed E-state index contributed by atoms with van der Waals surface area (Å²) < 4.78 is 11.0. The van der Waals surface area contributed by atoms with Gasteiger partial charge in [0, 0.05) is 10.9 Å². The third-order valence-electron chi connectivity index (χ3n) is 4.35. The van der Waals surface area contributed by atoms with E-state index in [9.17, 15) is 0 Å². The maximum atomic E-state index is 5.50. The Morgan fingerprint density at radius 2 is 1.76 bits per heavy atom. The van der Waals surface area contributed by atoms with E-state index >= 15 is 0 Å². The van der Waals surface area contributed by atoms with E-state index in [1.807, 2.05) is 0 Å². The number of benzene rings is 2. The predicted molar refractivity (Wildman–Crippen MR) is 89.8 cm³/mol. The van der Waals surface area contributed by atoms with Gasteiger partial charge in [0.2, 0.25) is 0 Å². The average molecular weight is 347 g/mol. The van der Waals surface area contributed by atoms with Gasteiger partial charge in [-0.25, -0.2) is 0 Å². The molecule has 3 rings (SSSR count). The van der Waals surface area contributed by atoms with Gasteiger partial charge in [-0.05, 0) is 65.8 Å². The molecule has 0 radical (unpaired) electrons. The fourth-order valence-electron chi connectivity index (χ4n) is 3.21. The molecule has 0 spiro atoms. The van der Waals surface area contributed by atoms with Gasteiger partial charge >= 0.3 is 0 Å². The highest BCUT2D eigenvalue weighted by Gasteiger charge is 2.21. The van der Waals surface area contributed by atoms with Crippen molar-refractivity contribution >= 4 is 15.9 Å². The lowest BCUT2D eigenvalue weighted by molar-refractivity contribution is 0.410. The minimum absolute atomic E-state index is 0.800. The van der Waals surface area contributed by atoms with Gasteiger partial charge in [0.15, 0.2) is 0 Å². The summed E-state index contributed by atoms with van der Waals surface area (Å²) in [6.07, 6.45) is 2.11. The second-order valence-corrected chi connectivity index (χ2v) is 5.93. The zero-order valence-corrected chi connectivity index (χ0v) is 14.2. The second-order valence-electron chi connectivity index (χ2n) is 5.37. The third kappa shape index (κ3) is 2.34. The van der Waals surface area contributed by atoms with Crippen molar-refractivity contribution in [3.63, 3.8) is 0 Å². The predicted octanol–water partition coefficient (Wildman–Crippen LogP) is 4.67.